The summed E-state index contributed by atoms with van der Waals surface area (Å²) in [6.07, 6.45) is 4.26. The predicted molar refractivity (Wildman–Crippen MR) is 99.8 cm³/mol. The summed E-state index contributed by atoms with van der Waals surface area (Å²) in [5.74, 6) is 0. The molecule has 0 unspecified atom stereocenters. The Morgan fingerprint density at radius 1 is 1.19 bits per heavy atom. The highest BCUT2D eigenvalue weighted by Crippen LogP contribution is 2.39. The van der Waals surface area contributed by atoms with Gasteiger partial charge in [0, 0.05) is 7.05 Å². The summed E-state index contributed by atoms with van der Waals surface area (Å²) in [5, 5.41) is 0.373. The molecule has 2 aliphatic rings. The summed E-state index contributed by atoms with van der Waals surface area (Å²) < 4.78 is 33.0. The Balaban J connectivity index is 1.58. The van der Waals surface area contributed by atoms with Crippen molar-refractivity contribution in [3.05, 3.63) is 58.4 Å². The normalized spacial score (nSPS) is 22.3. The van der Waals surface area contributed by atoms with Crippen LogP contribution in [0.3, 0.4) is 0 Å². The molecule has 1 aromatic heterocycles. The number of epoxide rings is 1. The molecule has 2 heterocycles. The maximum atomic E-state index is 13.0. The van der Waals surface area contributed by atoms with Gasteiger partial charge in [0.15, 0.2) is 0 Å². The maximum Gasteiger partial charge on any atom is 0.242 e. The van der Waals surface area contributed by atoms with Crippen LogP contribution in [0.1, 0.15) is 29.7 Å². The molecule has 26 heavy (non-hydrogen) atoms. The highest BCUT2D eigenvalue weighted by Gasteiger charge is 2.50. The maximum absolute atomic E-state index is 13.0. The van der Waals surface area contributed by atoms with Gasteiger partial charge in [0.05, 0.1) is 23.7 Å². The van der Waals surface area contributed by atoms with Gasteiger partial charge >= 0.3 is 0 Å². The Labute approximate surface area is 159 Å². The fourth-order valence-corrected chi connectivity index (χ4v) is 5.00. The van der Waals surface area contributed by atoms with Gasteiger partial charge in [-0.05, 0) is 61.1 Å². The summed E-state index contributed by atoms with van der Waals surface area (Å²) in [6.45, 7) is 0.643. The van der Waals surface area contributed by atoms with Crippen LogP contribution in [0.15, 0.2) is 41.3 Å². The fourth-order valence-electron chi connectivity index (χ4n) is 3.56. The van der Waals surface area contributed by atoms with Crippen LogP contribution in [0, 0.1) is 0 Å². The van der Waals surface area contributed by atoms with Gasteiger partial charge in [-0.3, -0.25) is 0 Å². The smallest absolute Gasteiger partial charge is 0.242 e. The molecule has 138 valence electrons. The van der Waals surface area contributed by atoms with Crippen LogP contribution in [0.5, 0.6) is 0 Å². The molecule has 1 aliphatic carbocycles. The summed E-state index contributed by atoms with van der Waals surface area (Å²) in [4.78, 5) is 4.63. The molecule has 0 N–H and O–H groups in total. The average molecular weight is 393 g/mol. The van der Waals surface area contributed by atoms with Crippen molar-refractivity contribution in [2.45, 2.75) is 36.2 Å². The number of likely N-dealkylation sites (N-methyl/N-ethyl adjacent to an activating group) is 1. The first-order chi connectivity index (χ1) is 12.4. The number of hydrogen-bond donors (Lipinski definition) is 0. The highest BCUT2D eigenvalue weighted by molar-refractivity contribution is 7.89. The standard InChI is InChI=1S/C19H21ClN2O3S/c1-22(12-19(13-25-19)17-7-4-8-18(20)21-17)26(23,24)16-10-9-14-5-2-3-6-15(14)11-16/h4,7-11H,2-3,5-6,12-13H2,1H3/t19-/m1/s1. The third-order valence-corrected chi connectivity index (χ3v) is 7.19. The van der Waals surface area contributed by atoms with Crippen LogP contribution in [0.4, 0.5) is 0 Å². The first-order valence-electron chi connectivity index (χ1n) is 8.76. The Morgan fingerprint density at radius 2 is 1.92 bits per heavy atom. The van der Waals surface area contributed by atoms with E-state index in [1.54, 1.807) is 25.2 Å². The number of rotatable bonds is 5. The monoisotopic (exact) mass is 392 g/mol. The number of aryl methyl sites for hydroxylation is 2. The Bertz CT molecular complexity index is 942. The molecule has 7 heteroatoms. The largest absolute Gasteiger partial charge is 0.361 e. The molecule has 0 spiro atoms. The van der Waals surface area contributed by atoms with E-state index in [0.29, 0.717) is 22.3 Å². The zero-order valence-corrected chi connectivity index (χ0v) is 16.2. The second-order valence-electron chi connectivity index (χ2n) is 7.03. The molecule has 5 nitrogen and oxygen atoms in total. The molecule has 2 aromatic rings. The van der Waals surface area contributed by atoms with Crippen LogP contribution in [0.2, 0.25) is 5.15 Å². The lowest BCUT2D eigenvalue weighted by atomic mass is 9.92. The molecular weight excluding hydrogens is 372 g/mol. The SMILES string of the molecule is CN(C[C@]1(c2cccc(Cl)n2)CO1)S(=O)(=O)c1ccc2c(c1)CCCC2. The van der Waals surface area contributed by atoms with E-state index in [0.717, 1.165) is 24.8 Å². The lowest BCUT2D eigenvalue weighted by Gasteiger charge is -2.23. The lowest BCUT2D eigenvalue weighted by Crippen LogP contribution is -2.35. The quantitative estimate of drug-likeness (QED) is 0.579. The van der Waals surface area contributed by atoms with E-state index in [1.807, 2.05) is 18.2 Å². The number of hydrogen-bond acceptors (Lipinski definition) is 4. The molecule has 1 atom stereocenters. The van der Waals surface area contributed by atoms with Crippen molar-refractivity contribution in [2.75, 3.05) is 20.2 Å². The lowest BCUT2D eigenvalue weighted by molar-refractivity contribution is 0.261. The molecule has 1 aliphatic heterocycles. The number of aromatic nitrogens is 1. The van der Waals surface area contributed by atoms with E-state index < -0.39 is 15.6 Å². The van der Waals surface area contributed by atoms with E-state index in [1.165, 1.54) is 16.3 Å². The Hall–Kier alpha value is -1.47. The molecule has 4 rings (SSSR count). The number of nitrogens with zero attached hydrogens (tertiary/aromatic N) is 2. The van der Waals surface area contributed by atoms with Crippen molar-refractivity contribution in [2.24, 2.45) is 0 Å². The third kappa shape index (κ3) is 3.27. The van der Waals surface area contributed by atoms with Gasteiger partial charge in [-0.15, -0.1) is 0 Å². The Kier molecular flexibility index (Phi) is 4.55. The second kappa shape index (κ2) is 6.60. The zero-order valence-electron chi connectivity index (χ0n) is 14.6. The van der Waals surface area contributed by atoms with Gasteiger partial charge in [0.25, 0.3) is 0 Å². The van der Waals surface area contributed by atoms with Crippen molar-refractivity contribution >= 4 is 21.6 Å². The fraction of sp³-hybridized carbons (Fsp3) is 0.421. The molecule has 1 aromatic carbocycles. The van der Waals surface area contributed by atoms with Gasteiger partial charge in [-0.25, -0.2) is 13.4 Å². The van der Waals surface area contributed by atoms with Crippen molar-refractivity contribution in [1.82, 2.24) is 9.29 Å². The zero-order chi connectivity index (χ0) is 18.4. The van der Waals surface area contributed by atoms with Gasteiger partial charge in [-0.1, -0.05) is 23.7 Å². The van der Waals surface area contributed by atoms with E-state index in [-0.39, 0.29) is 6.54 Å². The van der Waals surface area contributed by atoms with Crippen LogP contribution in [-0.4, -0.2) is 37.9 Å². The third-order valence-electron chi connectivity index (χ3n) is 5.18. The number of sulfonamides is 1. The second-order valence-corrected chi connectivity index (χ2v) is 9.46. The van der Waals surface area contributed by atoms with Crippen LogP contribution in [-0.2, 0) is 33.2 Å². The predicted octanol–water partition coefficient (Wildman–Crippen LogP) is 3.16. The van der Waals surface area contributed by atoms with Crippen molar-refractivity contribution < 1.29 is 13.2 Å². The molecule has 0 radical (unpaired) electrons. The van der Waals surface area contributed by atoms with Crippen molar-refractivity contribution in [1.29, 1.82) is 0 Å². The van der Waals surface area contributed by atoms with E-state index in [9.17, 15) is 8.42 Å². The number of benzene rings is 1. The summed E-state index contributed by atoms with van der Waals surface area (Å²) in [7, 11) is -2.01. The van der Waals surface area contributed by atoms with Crippen LogP contribution in [0.25, 0.3) is 0 Å². The highest BCUT2D eigenvalue weighted by atomic mass is 35.5. The number of ether oxygens (including phenoxy) is 1. The van der Waals surface area contributed by atoms with Crippen LogP contribution >= 0.6 is 11.6 Å². The topological polar surface area (TPSA) is 62.8 Å². The average Bonchev–Trinajstić information content (AvgIpc) is 3.42. The van der Waals surface area contributed by atoms with Gasteiger partial charge in [0.2, 0.25) is 10.0 Å². The summed E-state index contributed by atoms with van der Waals surface area (Å²) in [5.41, 5.74) is 2.38. The number of fused-ring (bicyclic) bond motifs is 1. The first-order valence-corrected chi connectivity index (χ1v) is 10.6. The summed E-state index contributed by atoms with van der Waals surface area (Å²) >= 11 is 5.97. The molecule has 0 saturated carbocycles. The number of halogens is 1. The van der Waals surface area contributed by atoms with Gasteiger partial charge in [0.1, 0.15) is 10.8 Å². The minimum atomic E-state index is -3.59. The molecule has 1 saturated heterocycles. The minimum Gasteiger partial charge on any atom is -0.361 e. The number of pyridine rings is 1. The molecule has 0 bridgehead atoms. The van der Waals surface area contributed by atoms with E-state index >= 15 is 0 Å². The minimum absolute atomic E-state index is 0.208. The van der Waals surface area contributed by atoms with Gasteiger partial charge in [-0.2, -0.15) is 4.31 Å². The Morgan fingerprint density at radius 3 is 2.62 bits per heavy atom. The van der Waals surface area contributed by atoms with Crippen molar-refractivity contribution in [3.63, 3.8) is 0 Å². The van der Waals surface area contributed by atoms with Crippen molar-refractivity contribution in [3.8, 4) is 0 Å². The summed E-state index contributed by atoms with van der Waals surface area (Å²) in [6, 6.07) is 10.8. The molecule has 1 fully saturated rings. The van der Waals surface area contributed by atoms with Gasteiger partial charge < -0.3 is 4.74 Å². The van der Waals surface area contributed by atoms with E-state index in [4.69, 9.17) is 16.3 Å². The van der Waals surface area contributed by atoms with Crippen LogP contribution < -0.4 is 0 Å². The van der Waals surface area contributed by atoms with E-state index in [2.05, 4.69) is 4.98 Å². The molecule has 0 amide bonds. The molecular formula is C19H21ClN2O3S. The first kappa shape index (κ1) is 17.9.